The summed E-state index contributed by atoms with van der Waals surface area (Å²) < 4.78 is 1.81. The molecule has 1 aromatic carbocycles. The summed E-state index contributed by atoms with van der Waals surface area (Å²) in [5, 5.41) is 3.09. The Hall–Kier alpha value is -2.73. The number of rotatable bonds is 4. The predicted octanol–water partition coefficient (Wildman–Crippen LogP) is 2.54. The molecule has 0 spiro atoms. The van der Waals surface area contributed by atoms with Crippen molar-refractivity contribution in [3.63, 3.8) is 0 Å². The van der Waals surface area contributed by atoms with Crippen molar-refractivity contribution in [1.29, 1.82) is 0 Å². The standard InChI is InChI=1S/C20H23N5O/c1-24-11-5-8-16(18(24)15-6-3-2-4-7-15)14-23-20(26)17-19-22-10-13-25(19)12-9-21-17/h2-4,6-7,9-10,12-13,16,18H,5,8,11,14H2,1H3,(H,23,26)/t16-,18+/m1/s1. The first-order chi connectivity index (χ1) is 12.7. The number of hydrogen-bond donors (Lipinski definition) is 1. The molecule has 6 heteroatoms. The van der Waals surface area contributed by atoms with E-state index >= 15 is 0 Å². The minimum absolute atomic E-state index is 0.165. The van der Waals surface area contributed by atoms with Crippen molar-refractivity contribution in [1.82, 2.24) is 24.6 Å². The first-order valence-corrected chi connectivity index (χ1v) is 9.05. The molecule has 2 aromatic heterocycles. The van der Waals surface area contributed by atoms with Crippen LogP contribution in [0.5, 0.6) is 0 Å². The van der Waals surface area contributed by atoms with E-state index < -0.39 is 0 Å². The van der Waals surface area contributed by atoms with Gasteiger partial charge in [0, 0.05) is 37.4 Å². The van der Waals surface area contributed by atoms with Crippen LogP contribution in [0.4, 0.5) is 0 Å². The largest absolute Gasteiger partial charge is 0.350 e. The third kappa shape index (κ3) is 3.20. The SMILES string of the molecule is CN1CCC[C@H](CNC(=O)c2nccn3ccnc23)[C@@H]1c1ccccc1. The maximum Gasteiger partial charge on any atom is 0.273 e. The Kier molecular flexibility index (Phi) is 4.67. The molecule has 6 nitrogen and oxygen atoms in total. The second-order valence-corrected chi connectivity index (χ2v) is 6.88. The number of imidazole rings is 1. The van der Waals surface area contributed by atoms with Gasteiger partial charge >= 0.3 is 0 Å². The number of carbonyl (C=O) groups excluding carboxylic acids is 1. The Balaban J connectivity index is 1.50. The van der Waals surface area contributed by atoms with Gasteiger partial charge in [-0.05, 0) is 37.9 Å². The molecule has 1 aliphatic rings. The van der Waals surface area contributed by atoms with Gasteiger partial charge in [-0.25, -0.2) is 9.97 Å². The predicted molar refractivity (Wildman–Crippen MR) is 99.9 cm³/mol. The number of carbonyl (C=O) groups is 1. The molecule has 1 aliphatic heterocycles. The fraction of sp³-hybridized carbons (Fsp3) is 0.350. The van der Waals surface area contributed by atoms with Crippen LogP contribution in [0.1, 0.15) is 34.9 Å². The molecule has 0 saturated carbocycles. The highest BCUT2D eigenvalue weighted by molar-refractivity contribution is 5.97. The van der Waals surface area contributed by atoms with Crippen LogP contribution in [-0.4, -0.2) is 45.3 Å². The Morgan fingerprint density at radius 2 is 1.96 bits per heavy atom. The van der Waals surface area contributed by atoms with Gasteiger partial charge in [0.2, 0.25) is 0 Å². The fourth-order valence-electron chi connectivity index (χ4n) is 3.97. The lowest BCUT2D eigenvalue weighted by Crippen LogP contribution is -2.42. The first kappa shape index (κ1) is 16.7. The van der Waals surface area contributed by atoms with Crippen LogP contribution in [0, 0.1) is 5.92 Å². The van der Waals surface area contributed by atoms with Gasteiger partial charge in [-0.2, -0.15) is 0 Å². The van der Waals surface area contributed by atoms with Crippen molar-refractivity contribution in [3.05, 3.63) is 66.4 Å². The van der Waals surface area contributed by atoms with Crippen LogP contribution in [0.2, 0.25) is 0 Å². The number of hydrogen-bond acceptors (Lipinski definition) is 4. The zero-order valence-electron chi connectivity index (χ0n) is 14.9. The zero-order chi connectivity index (χ0) is 17.9. The summed E-state index contributed by atoms with van der Waals surface area (Å²) in [6, 6.07) is 10.9. The van der Waals surface area contributed by atoms with Gasteiger partial charge in [-0.15, -0.1) is 0 Å². The number of benzene rings is 1. The Labute approximate surface area is 152 Å². The summed E-state index contributed by atoms with van der Waals surface area (Å²) in [6.45, 7) is 1.71. The van der Waals surface area contributed by atoms with Gasteiger partial charge in [0.15, 0.2) is 11.3 Å². The molecular formula is C20H23N5O. The average Bonchev–Trinajstić information content (AvgIpc) is 3.15. The van der Waals surface area contributed by atoms with Gasteiger partial charge in [0.05, 0.1) is 0 Å². The van der Waals surface area contributed by atoms with Crippen LogP contribution in [0.25, 0.3) is 5.65 Å². The maximum atomic E-state index is 12.7. The third-order valence-electron chi connectivity index (χ3n) is 5.20. The number of fused-ring (bicyclic) bond motifs is 1. The molecule has 1 amide bonds. The van der Waals surface area contributed by atoms with Crippen molar-refractivity contribution >= 4 is 11.6 Å². The summed E-state index contributed by atoms with van der Waals surface area (Å²) in [5.74, 6) is 0.210. The quantitative estimate of drug-likeness (QED) is 0.786. The van der Waals surface area contributed by atoms with E-state index in [4.69, 9.17) is 0 Å². The molecule has 1 saturated heterocycles. The van der Waals surface area contributed by atoms with E-state index in [1.54, 1.807) is 18.6 Å². The second kappa shape index (κ2) is 7.25. The summed E-state index contributed by atoms with van der Waals surface area (Å²) >= 11 is 0. The monoisotopic (exact) mass is 349 g/mol. The average molecular weight is 349 g/mol. The molecule has 0 aliphatic carbocycles. The normalized spacial score (nSPS) is 21.0. The van der Waals surface area contributed by atoms with E-state index in [9.17, 15) is 4.79 Å². The summed E-state index contributed by atoms with van der Waals surface area (Å²) in [6.07, 6.45) is 9.16. The first-order valence-electron chi connectivity index (χ1n) is 9.05. The molecule has 1 fully saturated rings. The highest BCUT2D eigenvalue weighted by Gasteiger charge is 2.30. The van der Waals surface area contributed by atoms with Crippen molar-refractivity contribution in [3.8, 4) is 0 Å². The smallest absolute Gasteiger partial charge is 0.273 e. The number of likely N-dealkylation sites (tertiary alicyclic amines) is 1. The third-order valence-corrected chi connectivity index (χ3v) is 5.20. The van der Waals surface area contributed by atoms with Crippen LogP contribution in [0.3, 0.4) is 0 Å². The van der Waals surface area contributed by atoms with Crippen LogP contribution < -0.4 is 5.32 Å². The van der Waals surface area contributed by atoms with E-state index in [0.717, 1.165) is 19.4 Å². The molecule has 0 bridgehead atoms. The topological polar surface area (TPSA) is 62.5 Å². The van der Waals surface area contributed by atoms with Crippen LogP contribution in [-0.2, 0) is 0 Å². The molecule has 26 heavy (non-hydrogen) atoms. The number of piperidine rings is 1. The zero-order valence-corrected chi connectivity index (χ0v) is 14.9. The molecule has 4 rings (SSSR count). The number of amides is 1. The van der Waals surface area contributed by atoms with E-state index in [1.807, 2.05) is 16.7 Å². The van der Waals surface area contributed by atoms with Crippen molar-refractivity contribution in [2.24, 2.45) is 5.92 Å². The minimum Gasteiger partial charge on any atom is -0.350 e. The number of nitrogens with one attached hydrogen (secondary N) is 1. The van der Waals surface area contributed by atoms with E-state index in [2.05, 4.69) is 51.5 Å². The van der Waals surface area contributed by atoms with Gasteiger partial charge < -0.3 is 9.72 Å². The van der Waals surface area contributed by atoms with Crippen molar-refractivity contribution in [2.75, 3.05) is 20.1 Å². The van der Waals surface area contributed by atoms with E-state index in [1.165, 1.54) is 5.56 Å². The second-order valence-electron chi connectivity index (χ2n) is 6.88. The fourth-order valence-corrected chi connectivity index (χ4v) is 3.97. The number of aromatic nitrogens is 3. The van der Waals surface area contributed by atoms with Crippen molar-refractivity contribution < 1.29 is 4.79 Å². The Morgan fingerprint density at radius 1 is 1.19 bits per heavy atom. The minimum atomic E-state index is -0.165. The van der Waals surface area contributed by atoms with Gasteiger partial charge in [0.25, 0.3) is 5.91 Å². The molecule has 0 unspecified atom stereocenters. The Morgan fingerprint density at radius 3 is 2.77 bits per heavy atom. The van der Waals surface area contributed by atoms with Crippen molar-refractivity contribution in [2.45, 2.75) is 18.9 Å². The molecule has 1 N–H and O–H groups in total. The molecule has 134 valence electrons. The molecule has 2 atom stereocenters. The van der Waals surface area contributed by atoms with E-state index in [-0.39, 0.29) is 5.91 Å². The summed E-state index contributed by atoms with van der Waals surface area (Å²) in [5.41, 5.74) is 2.27. The van der Waals surface area contributed by atoms with E-state index in [0.29, 0.717) is 29.8 Å². The summed E-state index contributed by atoms with van der Waals surface area (Å²) in [7, 11) is 2.17. The number of nitrogens with zero attached hydrogens (tertiary/aromatic N) is 4. The molecule has 0 radical (unpaired) electrons. The van der Waals surface area contributed by atoms with Gasteiger partial charge in [-0.3, -0.25) is 9.69 Å². The maximum absolute atomic E-state index is 12.7. The Bertz CT molecular complexity index is 891. The van der Waals surface area contributed by atoms with Gasteiger partial charge in [0.1, 0.15) is 0 Å². The molecule has 3 heterocycles. The lowest BCUT2D eigenvalue weighted by atomic mass is 9.85. The lowest BCUT2D eigenvalue weighted by molar-refractivity contribution is 0.0888. The molecule has 3 aromatic rings. The highest BCUT2D eigenvalue weighted by Crippen LogP contribution is 2.34. The van der Waals surface area contributed by atoms with Gasteiger partial charge in [-0.1, -0.05) is 30.3 Å². The lowest BCUT2D eigenvalue weighted by Gasteiger charge is -2.39. The summed E-state index contributed by atoms with van der Waals surface area (Å²) in [4.78, 5) is 23.5. The van der Waals surface area contributed by atoms with Crippen LogP contribution in [0.15, 0.2) is 55.1 Å². The van der Waals surface area contributed by atoms with Crippen LogP contribution >= 0.6 is 0 Å². The highest BCUT2D eigenvalue weighted by atomic mass is 16.1. The molecular weight excluding hydrogens is 326 g/mol.